The van der Waals surface area contributed by atoms with Crippen LogP contribution in [0, 0.1) is 0 Å². The third kappa shape index (κ3) is 3.60. The zero-order valence-corrected chi connectivity index (χ0v) is 14.5. The molecule has 0 fully saturated rings. The van der Waals surface area contributed by atoms with Gasteiger partial charge in [-0.1, -0.05) is 35.3 Å². The molecule has 1 unspecified atom stereocenters. The molecule has 0 aliphatic rings. The Hall–Kier alpha value is -2.31. The van der Waals surface area contributed by atoms with Gasteiger partial charge in [-0.15, -0.1) is 10.2 Å². The van der Waals surface area contributed by atoms with E-state index < -0.39 is 0 Å². The van der Waals surface area contributed by atoms with Gasteiger partial charge in [0, 0.05) is 16.2 Å². The minimum absolute atomic E-state index is 0.103. The number of hydrogen-bond donors (Lipinski definition) is 2. The number of pyridine rings is 1. The molecule has 0 aliphatic heterocycles. The second-order valence-electron chi connectivity index (χ2n) is 5.28. The molecule has 3 aromatic rings. The van der Waals surface area contributed by atoms with Crippen molar-refractivity contribution in [3.63, 3.8) is 0 Å². The average molecular weight is 363 g/mol. The monoisotopic (exact) mass is 362 g/mol. The lowest BCUT2D eigenvalue weighted by atomic mass is 10.1. The summed E-state index contributed by atoms with van der Waals surface area (Å²) in [5.41, 5.74) is 7.63. The van der Waals surface area contributed by atoms with Crippen LogP contribution in [0.25, 0.3) is 5.65 Å². The summed E-state index contributed by atoms with van der Waals surface area (Å²) in [6.07, 6.45) is 1.89. The number of rotatable bonds is 4. The van der Waals surface area contributed by atoms with Gasteiger partial charge in [-0.25, -0.2) is 4.99 Å². The van der Waals surface area contributed by atoms with Crippen LogP contribution in [0.5, 0.6) is 0 Å². The second kappa shape index (κ2) is 7.07. The number of nitrogens with one attached hydrogen (secondary N) is 1. The van der Waals surface area contributed by atoms with Crippen molar-refractivity contribution in [2.75, 3.05) is 0 Å². The Labute approximate surface area is 149 Å². The Bertz CT molecular complexity index is 889. The predicted octanol–water partition coefficient (Wildman–Crippen LogP) is 3.20. The summed E-state index contributed by atoms with van der Waals surface area (Å²) in [5.74, 6) is 1.02. The number of benzene rings is 1. The van der Waals surface area contributed by atoms with E-state index in [0.29, 0.717) is 28.4 Å². The zero-order valence-electron chi connectivity index (χ0n) is 12.9. The summed E-state index contributed by atoms with van der Waals surface area (Å²) in [7, 11) is 0. The highest BCUT2D eigenvalue weighted by Crippen LogP contribution is 2.25. The van der Waals surface area contributed by atoms with Gasteiger partial charge in [0.1, 0.15) is 6.54 Å². The largest absolute Gasteiger partial charge is 0.370 e. The lowest BCUT2D eigenvalue weighted by Gasteiger charge is -2.16. The molecule has 1 atom stereocenters. The van der Waals surface area contributed by atoms with Crippen molar-refractivity contribution < 1.29 is 0 Å². The smallest absolute Gasteiger partial charge is 0.189 e. The van der Waals surface area contributed by atoms with Crippen LogP contribution in [0.4, 0.5) is 0 Å². The van der Waals surface area contributed by atoms with Crippen LogP contribution in [0.15, 0.2) is 47.6 Å². The van der Waals surface area contributed by atoms with Gasteiger partial charge in [-0.05, 0) is 36.8 Å². The quantitative estimate of drug-likeness (QED) is 0.551. The second-order valence-corrected chi connectivity index (χ2v) is 6.12. The van der Waals surface area contributed by atoms with Crippen molar-refractivity contribution >= 4 is 34.8 Å². The third-order valence-electron chi connectivity index (χ3n) is 3.57. The number of aromatic nitrogens is 3. The minimum Gasteiger partial charge on any atom is -0.370 e. The highest BCUT2D eigenvalue weighted by molar-refractivity contribution is 6.35. The number of aliphatic imine (C=N–C) groups is 1. The van der Waals surface area contributed by atoms with Gasteiger partial charge in [0.25, 0.3) is 0 Å². The van der Waals surface area contributed by atoms with Crippen molar-refractivity contribution in [1.82, 2.24) is 19.9 Å². The fourth-order valence-corrected chi connectivity index (χ4v) is 2.92. The van der Waals surface area contributed by atoms with Gasteiger partial charge in [-0.2, -0.15) is 0 Å². The van der Waals surface area contributed by atoms with Crippen LogP contribution in [0.2, 0.25) is 10.0 Å². The molecule has 6 nitrogen and oxygen atoms in total. The van der Waals surface area contributed by atoms with Gasteiger partial charge in [0.2, 0.25) is 0 Å². The van der Waals surface area contributed by atoms with E-state index in [9.17, 15) is 0 Å². The molecule has 2 aromatic heterocycles. The van der Waals surface area contributed by atoms with Gasteiger partial charge < -0.3 is 11.1 Å². The number of fused-ring (bicyclic) bond motifs is 1. The van der Waals surface area contributed by atoms with E-state index in [1.807, 2.05) is 41.8 Å². The maximum absolute atomic E-state index is 6.20. The van der Waals surface area contributed by atoms with E-state index in [1.54, 1.807) is 12.1 Å². The molecule has 8 heteroatoms. The summed E-state index contributed by atoms with van der Waals surface area (Å²) in [6, 6.07) is 10.9. The first kappa shape index (κ1) is 16.5. The molecule has 0 amide bonds. The zero-order chi connectivity index (χ0) is 17.1. The summed E-state index contributed by atoms with van der Waals surface area (Å²) >= 11 is 12.1. The molecule has 3 rings (SSSR count). The number of nitrogens with zero attached hydrogens (tertiary/aromatic N) is 4. The normalized spacial score (nSPS) is 13.2. The minimum atomic E-state index is -0.103. The van der Waals surface area contributed by atoms with E-state index in [0.717, 1.165) is 11.2 Å². The molecule has 0 radical (unpaired) electrons. The van der Waals surface area contributed by atoms with Gasteiger partial charge in [0.15, 0.2) is 17.4 Å². The van der Waals surface area contributed by atoms with Gasteiger partial charge in [-0.3, -0.25) is 4.40 Å². The number of nitrogens with two attached hydrogens (primary N) is 1. The van der Waals surface area contributed by atoms with Crippen LogP contribution in [-0.2, 0) is 6.54 Å². The summed E-state index contributed by atoms with van der Waals surface area (Å²) in [6.45, 7) is 2.27. The topological polar surface area (TPSA) is 80.6 Å². The van der Waals surface area contributed by atoms with Crippen LogP contribution >= 0.6 is 23.2 Å². The lowest BCUT2D eigenvalue weighted by Crippen LogP contribution is -2.34. The highest BCUT2D eigenvalue weighted by atomic mass is 35.5. The molecule has 0 aliphatic carbocycles. The Balaban J connectivity index is 1.70. The maximum Gasteiger partial charge on any atom is 0.189 e. The summed E-state index contributed by atoms with van der Waals surface area (Å²) < 4.78 is 1.87. The Kier molecular flexibility index (Phi) is 4.87. The third-order valence-corrected chi connectivity index (χ3v) is 4.13. The Morgan fingerprint density at radius 2 is 2.12 bits per heavy atom. The lowest BCUT2D eigenvalue weighted by molar-refractivity contribution is 0.706. The number of guanidine groups is 1. The van der Waals surface area contributed by atoms with Crippen LogP contribution in [0.1, 0.15) is 24.4 Å². The molecular formula is C16H16Cl2N6. The van der Waals surface area contributed by atoms with Crippen LogP contribution in [-0.4, -0.2) is 20.6 Å². The summed E-state index contributed by atoms with van der Waals surface area (Å²) in [4.78, 5) is 4.32. The van der Waals surface area contributed by atoms with E-state index in [-0.39, 0.29) is 6.04 Å². The van der Waals surface area contributed by atoms with E-state index in [2.05, 4.69) is 20.5 Å². The van der Waals surface area contributed by atoms with E-state index in [4.69, 9.17) is 28.9 Å². The van der Waals surface area contributed by atoms with E-state index >= 15 is 0 Å². The average Bonchev–Trinajstić information content (AvgIpc) is 2.96. The van der Waals surface area contributed by atoms with Crippen LogP contribution in [0.3, 0.4) is 0 Å². The van der Waals surface area contributed by atoms with Gasteiger partial charge in [0.05, 0.1) is 6.04 Å². The van der Waals surface area contributed by atoms with Crippen molar-refractivity contribution in [3.05, 3.63) is 64.0 Å². The first-order valence-electron chi connectivity index (χ1n) is 7.34. The fraction of sp³-hybridized carbons (Fsp3) is 0.188. The molecule has 124 valence electrons. The van der Waals surface area contributed by atoms with Crippen molar-refractivity contribution in [1.29, 1.82) is 0 Å². The SMILES string of the molecule is CC(NC(N)=NCc1nnc2ccccn12)c1ccc(Cl)cc1Cl. The Morgan fingerprint density at radius 1 is 1.29 bits per heavy atom. The fourth-order valence-electron chi connectivity index (χ4n) is 2.35. The highest BCUT2D eigenvalue weighted by Gasteiger charge is 2.11. The molecule has 24 heavy (non-hydrogen) atoms. The molecular weight excluding hydrogens is 347 g/mol. The molecule has 0 saturated carbocycles. The molecule has 0 bridgehead atoms. The maximum atomic E-state index is 6.20. The first-order valence-corrected chi connectivity index (χ1v) is 8.10. The molecule has 0 spiro atoms. The van der Waals surface area contributed by atoms with Crippen molar-refractivity contribution in [2.45, 2.75) is 19.5 Å². The number of hydrogen-bond acceptors (Lipinski definition) is 3. The molecule has 0 saturated heterocycles. The van der Waals surface area contributed by atoms with E-state index in [1.165, 1.54) is 0 Å². The molecule has 1 aromatic carbocycles. The first-order chi connectivity index (χ1) is 11.5. The molecule has 3 N–H and O–H groups in total. The predicted molar refractivity (Wildman–Crippen MR) is 96.3 cm³/mol. The molecule has 2 heterocycles. The van der Waals surface area contributed by atoms with Crippen molar-refractivity contribution in [3.8, 4) is 0 Å². The van der Waals surface area contributed by atoms with Crippen LogP contribution < -0.4 is 11.1 Å². The number of halogens is 2. The Morgan fingerprint density at radius 3 is 2.92 bits per heavy atom. The summed E-state index contributed by atoms with van der Waals surface area (Å²) in [5, 5.41) is 12.5. The van der Waals surface area contributed by atoms with Gasteiger partial charge >= 0.3 is 0 Å². The standard InChI is InChI=1S/C16H16Cl2N6/c1-10(12-6-5-11(17)8-13(12)18)21-16(19)20-9-15-23-22-14-4-2-3-7-24(14)15/h2-8,10H,9H2,1H3,(H3,19,20,21). The van der Waals surface area contributed by atoms with Crippen molar-refractivity contribution in [2.24, 2.45) is 10.7 Å².